The summed E-state index contributed by atoms with van der Waals surface area (Å²) in [4.78, 5) is 11.7. The van der Waals surface area contributed by atoms with E-state index >= 15 is 0 Å². The average molecular weight is 270 g/mol. The van der Waals surface area contributed by atoms with Gasteiger partial charge in [-0.25, -0.2) is 0 Å². The van der Waals surface area contributed by atoms with Crippen LogP contribution in [0.1, 0.15) is 28.0 Å². The topological polar surface area (TPSA) is 75.4 Å². The number of aromatic nitrogens is 1. The monoisotopic (exact) mass is 270 g/mol. The molecule has 0 spiro atoms. The van der Waals surface area contributed by atoms with Crippen molar-refractivity contribution < 1.29 is 14.4 Å². The van der Waals surface area contributed by atoms with Crippen molar-refractivity contribution in [3.8, 4) is 11.8 Å². The first-order valence-electron chi connectivity index (χ1n) is 6.17. The molecule has 2 aromatic rings. The predicted molar refractivity (Wildman–Crippen MR) is 72.7 cm³/mol. The van der Waals surface area contributed by atoms with E-state index in [9.17, 15) is 4.79 Å². The number of rotatable bonds is 4. The number of benzene rings is 1. The van der Waals surface area contributed by atoms with Crippen molar-refractivity contribution >= 4 is 5.91 Å². The number of aliphatic hydroxyl groups is 1. The quantitative estimate of drug-likeness (QED) is 0.822. The van der Waals surface area contributed by atoms with Gasteiger partial charge in [0.05, 0.1) is 6.61 Å². The summed E-state index contributed by atoms with van der Waals surface area (Å²) in [6, 6.07) is 9.04. The molecular weight excluding hydrogens is 256 g/mol. The van der Waals surface area contributed by atoms with Gasteiger partial charge in [0.15, 0.2) is 5.69 Å². The molecule has 20 heavy (non-hydrogen) atoms. The molecule has 1 heterocycles. The Morgan fingerprint density at radius 2 is 2.20 bits per heavy atom. The van der Waals surface area contributed by atoms with Crippen molar-refractivity contribution in [1.29, 1.82) is 0 Å². The van der Waals surface area contributed by atoms with Gasteiger partial charge >= 0.3 is 0 Å². The second-order valence-electron chi connectivity index (χ2n) is 4.00. The van der Waals surface area contributed by atoms with Gasteiger partial charge in [-0.1, -0.05) is 35.2 Å². The van der Waals surface area contributed by atoms with Crippen LogP contribution < -0.4 is 5.32 Å². The molecule has 0 atom stereocenters. The Labute approximate surface area is 116 Å². The Morgan fingerprint density at radius 3 is 2.95 bits per heavy atom. The lowest BCUT2D eigenvalue weighted by Crippen LogP contribution is -2.23. The number of carbonyl (C=O) groups excluding carboxylic acids is 1. The first-order chi connectivity index (χ1) is 9.81. The van der Waals surface area contributed by atoms with Crippen LogP contribution in [0.5, 0.6) is 0 Å². The van der Waals surface area contributed by atoms with E-state index in [2.05, 4.69) is 26.8 Å². The Hall–Kier alpha value is -2.58. The second-order valence-corrected chi connectivity index (χ2v) is 4.00. The van der Waals surface area contributed by atoms with Gasteiger partial charge in [0, 0.05) is 24.6 Å². The van der Waals surface area contributed by atoms with Crippen LogP contribution in [-0.2, 0) is 6.54 Å². The maximum absolute atomic E-state index is 11.7. The Balaban J connectivity index is 2.03. The van der Waals surface area contributed by atoms with E-state index in [-0.39, 0.29) is 18.2 Å². The van der Waals surface area contributed by atoms with E-state index in [1.54, 1.807) is 0 Å². The lowest BCUT2D eigenvalue weighted by atomic mass is 10.1. The summed E-state index contributed by atoms with van der Waals surface area (Å²) in [5, 5.41) is 15.0. The number of nitrogens with zero attached hydrogens (tertiary/aromatic N) is 1. The first-order valence-corrected chi connectivity index (χ1v) is 6.17. The zero-order valence-corrected chi connectivity index (χ0v) is 10.8. The summed E-state index contributed by atoms with van der Waals surface area (Å²) in [6.45, 7) is 0.397. The third kappa shape index (κ3) is 3.70. The summed E-state index contributed by atoms with van der Waals surface area (Å²) in [5.41, 5.74) is 1.99. The van der Waals surface area contributed by atoms with E-state index in [0.29, 0.717) is 13.0 Å². The SMILES string of the molecule is O=C(NCc1ccccc1C#CCCO)c1ccon1. The zero-order chi connectivity index (χ0) is 14.2. The Morgan fingerprint density at radius 1 is 1.35 bits per heavy atom. The van der Waals surface area contributed by atoms with Gasteiger partial charge in [-0.3, -0.25) is 4.79 Å². The molecule has 0 saturated carbocycles. The molecule has 0 bridgehead atoms. The normalized spacial score (nSPS) is 9.65. The average Bonchev–Trinajstić information content (AvgIpc) is 3.00. The van der Waals surface area contributed by atoms with Crippen LogP contribution in [0, 0.1) is 11.8 Å². The van der Waals surface area contributed by atoms with Gasteiger partial charge in [0.2, 0.25) is 0 Å². The maximum atomic E-state index is 11.7. The van der Waals surface area contributed by atoms with Crippen LogP contribution in [0.25, 0.3) is 0 Å². The van der Waals surface area contributed by atoms with Crippen LogP contribution in [0.4, 0.5) is 0 Å². The molecule has 2 N–H and O–H groups in total. The molecule has 0 aliphatic heterocycles. The van der Waals surface area contributed by atoms with Gasteiger partial charge in [0.1, 0.15) is 6.26 Å². The molecule has 0 aliphatic rings. The third-order valence-corrected chi connectivity index (χ3v) is 2.59. The van der Waals surface area contributed by atoms with Crippen LogP contribution in [0.3, 0.4) is 0 Å². The van der Waals surface area contributed by atoms with Crippen molar-refractivity contribution in [2.24, 2.45) is 0 Å². The molecule has 1 aromatic heterocycles. The molecule has 0 aliphatic carbocycles. The van der Waals surface area contributed by atoms with E-state index in [1.165, 1.54) is 12.3 Å². The number of aliphatic hydroxyl groups excluding tert-OH is 1. The molecule has 5 nitrogen and oxygen atoms in total. The molecule has 0 saturated heterocycles. The van der Waals surface area contributed by atoms with Crippen LogP contribution in [0.2, 0.25) is 0 Å². The summed E-state index contributed by atoms with van der Waals surface area (Å²) >= 11 is 0. The van der Waals surface area contributed by atoms with Gasteiger partial charge < -0.3 is 14.9 Å². The van der Waals surface area contributed by atoms with E-state index in [1.807, 2.05) is 24.3 Å². The van der Waals surface area contributed by atoms with E-state index in [4.69, 9.17) is 5.11 Å². The molecule has 0 fully saturated rings. The standard InChI is InChI=1S/C15H14N2O3/c18-9-4-3-6-12-5-1-2-7-13(12)11-16-15(19)14-8-10-20-17-14/h1-2,5,7-8,10,18H,4,9,11H2,(H,16,19). The summed E-state index contributed by atoms with van der Waals surface area (Å²) in [7, 11) is 0. The highest BCUT2D eigenvalue weighted by atomic mass is 16.5. The smallest absolute Gasteiger partial charge is 0.273 e. The summed E-state index contributed by atoms with van der Waals surface area (Å²) in [5.74, 6) is 5.55. The van der Waals surface area contributed by atoms with Crippen molar-refractivity contribution in [3.63, 3.8) is 0 Å². The Kier molecular flexibility index (Phi) is 4.93. The number of hydrogen-bond donors (Lipinski definition) is 2. The minimum Gasteiger partial charge on any atom is -0.395 e. The second kappa shape index (κ2) is 7.12. The largest absolute Gasteiger partial charge is 0.395 e. The molecule has 0 radical (unpaired) electrons. The third-order valence-electron chi connectivity index (χ3n) is 2.59. The van der Waals surface area contributed by atoms with Crippen molar-refractivity contribution in [2.75, 3.05) is 6.61 Å². The highest BCUT2D eigenvalue weighted by molar-refractivity contribution is 5.91. The number of hydrogen-bond acceptors (Lipinski definition) is 4. The molecule has 2 rings (SSSR count). The molecule has 5 heteroatoms. The number of carbonyl (C=O) groups is 1. The van der Waals surface area contributed by atoms with Gasteiger partial charge in [-0.15, -0.1) is 0 Å². The molecule has 1 amide bonds. The fraction of sp³-hybridized carbons (Fsp3) is 0.200. The zero-order valence-electron chi connectivity index (χ0n) is 10.8. The lowest BCUT2D eigenvalue weighted by molar-refractivity contribution is 0.0942. The highest BCUT2D eigenvalue weighted by Gasteiger charge is 2.08. The van der Waals surface area contributed by atoms with Crippen LogP contribution in [-0.4, -0.2) is 22.8 Å². The fourth-order valence-electron chi connectivity index (χ4n) is 1.61. The van der Waals surface area contributed by atoms with Crippen LogP contribution in [0.15, 0.2) is 41.1 Å². The number of amides is 1. The Bertz CT molecular complexity index is 624. The minimum atomic E-state index is -0.295. The minimum absolute atomic E-state index is 0.0397. The molecular formula is C15H14N2O3. The molecule has 102 valence electrons. The van der Waals surface area contributed by atoms with Gasteiger partial charge in [-0.05, 0) is 11.6 Å². The van der Waals surface area contributed by atoms with Gasteiger partial charge in [0.25, 0.3) is 5.91 Å². The summed E-state index contributed by atoms with van der Waals surface area (Å²) in [6.07, 6.45) is 1.78. The van der Waals surface area contributed by atoms with Crippen molar-refractivity contribution in [3.05, 3.63) is 53.4 Å². The van der Waals surface area contributed by atoms with E-state index in [0.717, 1.165) is 11.1 Å². The van der Waals surface area contributed by atoms with E-state index < -0.39 is 0 Å². The number of nitrogens with one attached hydrogen (secondary N) is 1. The lowest BCUT2D eigenvalue weighted by Gasteiger charge is -2.05. The maximum Gasteiger partial charge on any atom is 0.273 e. The predicted octanol–water partition coefficient (Wildman–Crippen LogP) is 1.34. The first kappa shape index (κ1) is 13.8. The summed E-state index contributed by atoms with van der Waals surface area (Å²) < 4.78 is 4.62. The van der Waals surface area contributed by atoms with Crippen molar-refractivity contribution in [2.45, 2.75) is 13.0 Å². The van der Waals surface area contributed by atoms with Crippen molar-refractivity contribution in [1.82, 2.24) is 10.5 Å². The molecule has 1 aromatic carbocycles. The molecule has 0 unspecified atom stereocenters. The fourth-order valence-corrected chi connectivity index (χ4v) is 1.61. The highest BCUT2D eigenvalue weighted by Crippen LogP contribution is 2.07. The van der Waals surface area contributed by atoms with Gasteiger partial charge in [-0.2, -0.15) is 0 Å². The van der Waals surface area contributed by atoms with Crippen LogP contribution >= 0.6 is 0 Å².